The number of anilines is 1. The average molecular weight is 451 g/mol. The standard InChI is InChI=1S/C25H26N2O4S/c1-4-29-19-9-5-7-17-13-20(31-22(17)19)24(28)27(14-18-8-6-12-30-18)25-26-21-15(2)10-11-16(3)23(21)32-25/h5,7,9-11,13,18H,4,6,8,12,14H2,1-3H3. The van der Waals surface area contributed by atoms with E-state index in [1.165, 1.54) is 0 Å². The van der Waals surface area contributed by atoms with E-state index in [1.807, 2.05) is 32.0 Å². The number of aryl methyl sites for hydroxylation is 2. The summed E-state index contributed by atoms with van der Waals surface area (Å²) in [6, 6.07) is 11.6. The van der Waals surface area contributed by atoms with Crippen LogP contribution in [0.3, 0.4) is 0 Å². The molecule has 1 unspecified atom stereocenters. The van der Waals surface area contributed by atoms with Gasteiger partial charge in [-0.1, -0.05) is 35.6 Å². The lowest BCUT2D eigenvalue weighted by Gasteiger charge is -2.22. The maximum atomic E-state index is 13.7. The molecule has 2 aromatic heterocycles. The van der Waals surface area contributed by atoms with Gasteiger partial charge in [0.15, 0.2) is 22.2 Å². The SMILES string of the molecule is CCOc1cccc2cc(C(=O)N(CC3CCCO3)c3nc4c(C)ccc(C)c4s3)oc12. The molecular formula is C25H26N2O4S. The molecule has 1 atom stereocenters. The lowest BCUT2D eigenvalue weighted by Crippen LogP contribution is -2.37. The van der Waals surface area contributed by atoms with Crippen molar-refractivity contribution in [2.24, 2.45) is 0 Å². The van der Waals surface area contributed by atoms with Gasteiger partial charge in [-0.3, -0.25) is 9.69 Å². The van der Waals surface area contributed by atoms with Crippen molar-refractivity contribution in [1.82, 2.24) is 4.98 Å². The molecule has 32 heavy (non-hydrogen) atoms. The monoisotopic (exact) mass is 450 g/mol. The van der Waals surface area contributed by atoms with E-state index in [2.05, 4.69) is 19.1 Å². The zero-order valence-electron chi connectivity index (χ0n) is 18.5. The number of thiazole rings is 1. The van der Waals surface area contributed by atoms with Crippen LogP contribution in [-0.4, -0.2) is 36.8 Å². The van der Waals surface area contributed by atoms with E-state index in [0.717, 1.165) is 46.2 Å². The molecule has 5 rings (SSSR count). The van der Waals surface area contributed by atoms with Gasteiger partial charge >= 0.3 is 0 Å². The van der Waals surface area contributed by atoms with Gasteiger partial charge in [-0.15, -0.1) is 0 Å². The van der Waals surface area contributed by atoms with Crippen molar-refractivity contribution >= 4 is 43.6 Å². The highest BCUT2D eigenvalue weighted by Crippen LogP contribution is 2.35. The number of furan rings is 1. The molecule has 0 radical (unpaired) electrons. The Hall–Kier alpha value is -2.90. The number of fused-ring (bicyclic) bond motifs is 2. The number of carbonyl (C=O) groups is 1. The molecule has 166 valence electrons. The summed E-state index contributed by atoms with van der Waals surface area (Å²) in [7, 11) is 0. The maximum Gasteiger partial charge on any atom is 0.295 e. The van der Waals surface area contributed by atoms with Crippen LogP contribution in [0.2, 0.25) is 0 Å². The molecule has 1 saturated heterocycles. The highest BCUT2D eigenvalue weighted by Gasteiger charge is 2.29. The highest BCUT2D eigenvalue weighted by molar-refractivity contribution is 7.22. The molecule has 0 bridgehead atoms. The third-order valence-electron chi connectivity index (χ3n) is 5.84. The fraction of sp³-hybridized carbons (Fsp3) is 0.360. The number of carbonyl (C=O) groups excluding carboxylic acids is 1. The highest BCUT2D eigenvalue weighted by atomic mass is 32.1. The molecular weight excluding hydrogens is 424 g/mol. The summed E-state index contributed by atoms with van der Waals surface area (Å²) in [6.45, 7) is 7.75. The van der Waals surface area contributed by atoms with Gasteiger partial charge in [-0.25, -0.2) is 4.98 Å². The van der Waals surface area contributed by atoms with Crippen molar-refractivity contribution in [2.75, 3.05) is 24.7 Å². The van der Waals surface area contributed by atoms with E-state index >= 15 is 0 Å². The Kier molecular flexibility index (Phi) is 5.61. The molecule has 1 aliphatic heterocycles. The van der Waals surface area contributed by atoms with E-state index in [-0.39, 0.29) is 17.8 Å². The van der Waals surface area contributed by atoms with E-state index in [4.69, 9.17) is 18.9 Å². The van der Waals surface area contributed by atoms with Gasteiger partial charge < -0.3 is 13.9 Å². The first-order chi connectivity index (χ1) is 15.5. The van der Waals surface area contributed by atoms with Crippen molar-refractivity contribution in [3.63, 3.8) is 0 Å². The number of hydrogen-bond donors (Lipinski definition) is 0. The van der Waals surface area contributed by atoms with Crippen LogP contribution in [0.5, 0.6) is 5.75 Å². The second-order valence-corrected chi connectivity index (χ2v) is 9.12. The second-order valence-electron chi connectivity index (χ2n) is 8.14. The maximum absolute atomic E-state index is 13.7. The van der Waals surface area contributed by atoms with Crippen LogP contribution in [0.15, 0.2) is 40.8 Å². The van der Waals surface area contributed by atoms with Gasteiger partial charge in [-0.05, 0) is 56.9 Å². The summed E-state index contributed by atoms with van der Waals surface area (Å²) in [5, 5.41) is 1.51. The summed E-state index contributed by atoms with van der Waals surface area (Å²) in [5.41, 5.74) is 3.79. The van der Waals surface area contributed by atoms with Crippen molar-refractivity contribution < 1.29 is 18.7 Å². The van der Waals surface area contributed by atoms with Gasteiger partial charge in [0.1, 0.15) is 0 Å². The Morgan fingerprint density at radius 2 is 2.09 bits per heavy atom. The minimum absolute atomic E-state index is 0.00322. The predicted octanol–water partition coefficient (Wildman–Crippen LogP) is 5.88. The number of rotatable bonds is 6. The zero-order valence-corrected chi connectivity index (χ0v) is 19.3. The predicted molar refractivity (Wildman–Crippen MR) is 127 cm³/mol. The normalized spacial score (nSPS) is 16.2. The zero-order chi connectivity index (χ0) is 22.2. The first-order valence-electron chi connectivity index (χ1n) is 11.0. The number of benzene rings is 2. The van der Waals surface area contributed by atoms with Gasteiger partial charge in [0, 0.05) is 12.0 Å². The molecule has 4 aromatic rings. The summed E-state index contributed by atoms with van der Waals surface area (Å²) in [5.74, 6) is 0.701. The van der Waals surface area contributed by atoms with Crippen LogP contribution in [0.1, 0.15) is 41.4 Å². The van der Waals surface area contributed by atoms with Crippen molar-refractivity contribution in [3.8, 4) is 5.75 Å². The summed E-state index contributed by atoms with van der Waals surface area (Å²) >= 11 is 1.54. The number of amides is 1. The van der Waals surface area contributed by atoms with Crippen LogP contribution < -0.4 is 9.64 Å². The Morgan fingerprint density at radius 3 is 2.84 bits per heavy atom. The molecule has 0 aliphatic carbocycles. The quantitative estimate of drug-likeness (QED) is 0.367. The van der Waals surface area contributed by atoms with Crippen LogP contribution in [0, 0.1) is 13.8 Å². The molecule has 1 amide bonds. The first-order valence-corrected chi connectivity index (χ1v) is 11.8. The van der Waals surface area contributed by atoms with Crippen LogP contribution in [-0.2, 0) is 4.74 Å². The molecule has 0 spiro atoms. The number of para-hydroxylation sites is 1. The molecule has 7 heteroatoms. The summed E-state index contributed by atoms with van der Waals surface area (Å²) in [4.78, 5) is 20.3. The van der Waals surface area contributed by atoms with Crippen molar-refractivity contribution in [3.05, 3.63) is 53.3 Å². The number of hydrogen-bond acceptors (Lipinski definition) is 6. The van der Waals surface area contributed by atoms with Crippen LogP contribution >= 0.6 is 11.3 Å². The van der Waals surface area contributed by atoms with Gasteiger partial charge in [0.2, 0.25) is 0 Å². The van der Waals surface area contributed by atoms with Crippen molar-refractivity contribution in [2.45, 2.75) is 39.7 Å². The molecule has 6 nitrogen and oxygen atoms in total. The lowest BCUT2D eigenvalue weighted by molar-refractivity contribution is 0.0896. The van der Waals surface area contributed by atoms with E-state index < -0.39 is 0 Å². The van der Waals surface area contributed by atoms with Gasteiger partial charge in [0.25, 0.3) is 5.91 Å². The molecule has 0 N–H and O–H groups in total. The lowest BCUT2D eigenvalue weighted by atomic mass is 10.1. The van der Waals surface area contributed by atoms with Gasteiger partial charge in [0.05, 0.1) is 29.5 Å². The minimum atomic E-state index is -0.214. The van der Waals surface area contributed by atoms with Crippen LogP contribution in [0.4, 0.5) is 5.13 Å². The molecule has 1 fully saturated rings. The fourth-order valence-corrected chi connectivity index (χ4v) is 5.27. The number of nitrogens with zero attached hydrogens (tertiary/aromatic N) is 2. The Balaban J connectivity index is 1.57. The van der Waals surface area contributed by atoms with Crippen LogP contribution in [0.25, 0.3) is 21.2 Å². The summed E-state index contributed by atoms with van der Waals surface area (Å²) < 4.78 is 18.7. The Morgan fingerprint density at radius 1 is 1.25 bits per heavy atom. The van der Waals surface area contributed by atoms with E-state index in [0.29, 0.717) is 29.6 Å². The van der Waals surface area contributed by atoms with E-state index in [1.54, 1.807) is 22.3 Å². The summed E-state index contributed by atoms with van der Waals surface area (Å²) in [6.07, 6.45) is 1.94. The number of aromatic nitrogens is 1. The third kappa shape index (κ3) is 3.76. The molecule has 2 aromatic carbocycles. The topological polar surface area (TPSA) is 64.8 Å². The molecule has 0 saturated carbocycles. The smallest absolute Gasteiger partial charge is 0.295 e. The van der Waals surface area contributed by atoms with E-state index in [9.17, 15) is 4.79 Å². The largest absolute Gasteiger partial charge is 0.490 e. The molecule has 3 heterocycles. The molecule has 1 aliphatic rings. The third-order valence-corrected chi connectivity index (χ3v) is 7.05. The van der Waals surface area contributed by atoms with Gasteiger partial charge in [-0.2, -0.15) is 0 Å². The first kappa shape index (κ1) is 21.0. The number of ether oxygens (including phenoxy) is 2. The Labute approximate surface area is 190 Å². The fourth-order valence-electron chi connectivity index (χ4n) is 4.15. The average Bonchev–Trinajstić information content (AvgIpc) is 3.54. The van der Waals surface area contributed by atoms with Crippen molar-refractivity contribution in [1.29, 1.82) is 0 Å². The second kappa shape index (κ2) is 8.56. The Bertz CT molecular complexity index is 1250. The minimum Gasteiger partial charge on any atom is -0.490 e.